The van der Waals surface area contributed by atoms with Gasteiger partial charge < -0.3 is 65.4 Å². The topological polar surface area (TPSA) is 288 Å². The van der Waals surface area contributed by atoms with Crippen molar-refractivity contribution < 1.29 is 62.6 Å². The van der Waals surface area contributed by atoms with Crippen molar-refractivity contribution in [1.29, 1.82) is 0 Å². The molecule has 11 amide bonds. The molecule has 24 heteroatoms. The van der Waals surface area contributed by atoms with Crippen molar-refractivity contribution in [2.24, 2.45) is 41.4 Å². The van der Waals surface area contributed by atoms with Crippen molar-refractivity contribution in [2.75, 3.05) is 55.9 Å². The van der Waals surface area contributed by atoms with Gasteiger partial charge in [-0.15, -0.1) is 0 Å². The van der Waals surface area contributed by atoms with E-state index in [-0.39, 0.29) is 55.8 Å². The number of rotatable bonds is 19. The molecular formula is C70H121N11O13. The van der Waals surface area contributed by atoms with Gasteiger partial charge in [0.2, 0.25) is 65.0 Å². The van der Waals surface area contributed by atoms with Crippen LogP contribution in [0.15, 0.2) is 24.3 Å². The number of benzene rings is 1. The zero-order valence-electron chi connectivity index (χ0n) is 61.6. The number of hydrogen-bond acceptors (Lipinski definition) is 13. The van der Waals surface area contributed by atoms with Crippen LogP contribution in [0, 0.1) is 48.3 Å². The summed E-state index contributed by atoms with van der Waals surface area (Å²) in [5, 5.41) is 23.5. The van der Waals surface area contributed by atoms with Gasteiger partial charge in [0.25, 0.3) is 0 Å². The molecule has 534 valence electrons. The van der Waals surface area contributed by atoms with Crippen LogP contribution in [0.25, 0.3) is 0 Å². The van der Waals surface area contributed by atoms with Gasteiger partial charge in [-0.25, -0.2) is 0 Å². The first kappa shape index (κ1) is 83.4. The average molecular weight is 1320 g/mol. The lowest BCUT2D eigenvalue weighted by Gasteiger charge is -2.41. The van der Waals surface area contributed by atoms with Crippen LogP contribution in [-0.2, 0) is 64.1 Å². The molecule has 5 N–H and O–H groups in total. The van der Waals surface area contributed by atoms with E-state index in [1.165, 1.54) is 94.6 Å². The number of carbonyl (C=O) groups excluding carboxylic acids is 11. The van der Waals surface area contributed by atoms with Gasteiger partial charge in [0.15, 0.2) is 0 Å². The van der Waals surface area contributed by atoms with Gasteiger partial charge in [-0.2, -0.15) is 0 Å². The summed E-state index contributed by atoms with van der Waals surface area (Å²) in [4.78, 5) is 171. The number of ether oxygens (including phenoxy) is 1. The smallest absolute Gasteiger partial charge is 0.246 e. The summed E-state index contributed by atoms with van der Waals surface area (Å²) in [6.07, 6.45) is -0.149. The fourth-order valence-corrected chi connectivity index (χ4v) is 12.0. The summed E-state index contributed by atoms with van der Waals surface area (Å²) in [5.41, 5.74) is 2.10. The zero-order chi connectivity index (χ0) is 72.2. The lowest BCUT2D eigenvalue weighted by Crippen LogP contribution is -2.64. The summed E-state index contributed by atoms with van der Waals surface area (Å²) in [5.74, 6) is -9.90. The highest BCUT2D eigenvalue weighted by Gasteiger charge is 2.46. The third-order valence-corrected chi connectivity index (χ3v) is 18.2. The number of aliphatic hydroxyl groups excluding tert-OH is 1. The molecule has 0 unspecified atom stereocenters. The van der Waals surface area contributed by atoms with Crippen LogP contribution in [0.3, 0.4) is 0 Å². The fraction of sp³-hybridized carbons (Fsp3) is 0.757. The van der Waals surface area contributed by atoms with Crippen molar-refractivity contribution in [3.63, 3.8) is 0 Å². The summed E-state index contributed by atoms with van der Waals surface area (Å²) in [6, 6.07) is -5.83. The van der Waals surface area contributed by atoms with E-state index in [0.717, 1.165) is 20.9 Å². The number of hydrogen-bond donors (Lipinski definition) is 5. The molecule has 0 radical (unpaired) electrons. The van der Waals surface area contributed by atoms with Crippen molar-refractivity contribution >= 4 is 65.0 Å². The minimum absolute atomic E-state index is 0.00151. The van der Waals surface area contributed by atoms with E-state index in [4.69, 9.17) is 4.74 Å². The van der Waals surface area contributed by atoms with E-state index in [0.29, 0.717) is 26.1 Å². The van der Waals surface area contributed by atoms with Crippen LogP contribution in [0.1, 0.15) is 174 Å². The van der Waals surface area contributed by atoms with Crippen LogP contribution in [0.4, 0.5) is 0 Å². The maximum atomic E-state index is 15.4. The quantitative estimate of drug-likeness (QED) is 0.114. The Labute approximate surface area is 562 Å². The predicted molar refractivity (Wildman–Crippen MR) is 364 cm³/mol. The largest absolute Gasteiger partial charge is 0.390 e. The Morgan fingerprint density at radius 2 is 0.872 bits per heavy atom. The Morgan fingerprint density at radius 1 is 0.447 bits per heavy atom. The summed E-state index contributed by atoms with van der Waals surface area (Å²) >= 11 is 0. The summed E-state index contributed by atoms with van der Waals surface area (Å²) in [6.45, 7) is 32.3. The first-order valence-corrected chi connectivity index (χ1v) is 33.9. The van der Waals surface area contributed by atoms with E-state index >= 15 is 19.2 Å². The molecule has 0 aliphatic carbocycles. The predicted octanol–water partition coefficient (Wildman–Crippen LogP) is 5.00. The Balaban J connectivity index is 2.98. The number of nitrogens with zero attached hydrogens (tertiary/aromatic N) is 7. The molecule has 0 spiro atoms. The van der Waals surface area contributed by atoms with Gasteiger partial charge in [-0.1, -0.05) is 127 Å². The molecule has 1 aromatic carbocycles. The number of aliphatic hydroxyl groups is 1. The van der Waals surface area contributed by atoms with E-state index < -0.39 is 155 Å². The van der Waals surface area contributed by atoms with Crippen LogP contribution in [-0.4, -0.2) is 233 Å². The van der Waals surface area contributed by atoms with Crippen LogP contribution in [0.5, 0.6) is 0 Å². The molecule has 0 bridgehead atoms. The normalized spacial score (nSPS) is 26.1. The second kappa shape index (κ2) is 38.2. The molecule has 13 atom stereocenters. The molecule has 1 fully saturated rings. The highest BCUT2D eigenvalue weighted by molar-refractivity contribution is 6.00. The van der Waals surface area contributed by atoms with Crippen molar-refractivity contribution in [1.82, 2.24) is 55.6 Å². The average Bonchev–Trinajstić information content (AvgIpc) is 0.818. The van der Waals surface area contributed by atoms with Gasteiger partial charge in [0.1, 0.15) is 66.5 Å². The lowest BCUT2D eigenvalue weighted by molar-refractivity contribution is -0.157. The molecule has 1 aliphatic rings. The summed E-state index contributed by atoms with van der Waals surface area (Å²) < 4.78 is 5.98. The van der Waals surface area contributed by atoms with Crippen LogP contribution < -0.4 is 21.3 Å². The van der Waals surface area contributed by atoms with E-state index in [2.05, 4.69) is 21.3 Å². The van der Waals surface area contributed by atoms with Gasteiger partial charge in [0.05, 0.1) is 12.7 Å². The zero-order valence-corrected chi connectivity index (χ0v) is 61.6. The van der Waals surface area contributed by atoms with Gasteiger partial charge in [0, 0.05) is 55.9 Å². The van der Waals surface area contributed by atoms with E-state index in [1.54, 1.807) is 41.5 Å². The number of amides is 11. The molecule has 1 aromatic rings. The molecule has 24 nitrogen and oxygen atoms in total. The third kappa shape index (κ3) is 23.3. The molecule has 0 aromatic heterocycles. The van der Waals surface area contributed by atoms with Gasteiger partial charge in [-0.05, 0) is 120 Å². The number of nitrogens with one attached hydrogen (secondary N) is 4. The highest BCUT2D eigenvalue weighted by Crippen LogP contribution is 2.26. The maximum absolute atomic E-state index is 15.4. The molecule has 1 aliphatic heterocycles. The van der Waals surface area contributed by atoms with Crippen LogP contribution in [0.2, 0.25) is 0 Å². The molecule has 94 heavy (non-hydrogen) atoms. The van der Waals surface area contributed by atoms with E-state index in [9.17, 15) is 38.7 Å². The third-order valence-electron chi connectivity index (χ3n) is 18.2. The Hall–Kier alpha value is -6.69. The Kier molecular flexibility index (Phi) is 33.9. The lowest BCUT2D eigenvalue weighted by atomic mass is 9.90. The van der Waals surface area contributed by atoms with Gasteiger partial charge >= 0.3 is 0 Å². The fourth-order valence-electron chi connectivity index (χ4n) is 12.0. The molecule has 1 heterocycles. The maximum Gasteiger partial charge on any atom is 0.246 e. The molecule has 1 saturated heterocycles. The minimum Gasteiger partial charge on any atom is -0.390 e. The van der Waals surface area contributed by atoms with E-state index in [1.807, 2.05) is 86.6 Å². The SMILES string of the molecule is CC[C@@H]1NC(=O)[C@H]([C@H](O)[C@H](C)CCCOCc2ccc(C)cc2)N(C)C(=O)[C@H](C(C)C)N(C)C(=O)[C@H](CC(C)C)N(C)C(=O)[C@H](CC(C)C)N(C)C(=O)[C@@H](C)NC(=O)[C@H](C)NC(=O)[C@H](CC(C)C)N(C)C(=O)[C@H](C(C)C)NC(=O)[C@H](CC(C)C)N(C)C(=O)[C@@H](C)N(C)C1=O. The molecule has 2 rings (SSSR count). The minimum atomic E-state index is -1.65. The highest BCUT2D eigenvalue weighted by atomic mass is 16.5. The monoisotopic (exact) mass is 1320 g/mol. The Morgan fingerprint density at radius 3 is 1.34 bits per heavy atom. The standard InChI is InChI=1S/C70H121N11O13/c1-26-51-66(89)75(19)49(18)65(88)76(20)53(35-40(4)5)62(85)74-56(43(10)11)69(92)77(21)52(34-39(2)3)61(84)71-47(16)60(83)72-48(17)64(87)78(22)54(36-41(6)7)67(90)79(23)55(37-42(8)9)68(91)80(24)57(44(12)13)70(93)81(25)58(63(86)73-51)59(82)46(15)28-27-33-94-38-50-31-29-45(14)30-32-50/h29-32,39-44,46-49,51-59,82H,26-28,33-38H2,1-25H3,(H,71,84)(H,72,83)(H,73,86)(H,74,85)/t46-,47+,48-,49-,51+,52+,53+,54+,55+,56+,57+,58+,59-/m1/s1. The molecule has 0 saturated carbocycles. The van der Waals surface area contributed by atoms with Gasteiger partial charge in [-0.3, -0.25) is 52.7 Å². The Bertz CT molecular complexity index is 2700. The van der Waals surface area contributed by atoms with Crippen molar-refractivity contribution in [3.8, 4) is 0 Å². The number of likely N-dealkylation sites (N-methyl/N-ethyl adjacent to an activating group) is 7. The first-order valence-electron chi connectivity index (χ1n) is 33.9. The second-order valence-corrected chi connectivity index (χ2v) is 28.8. The van der Waals surface area contributed by atoms with Crippen LogP contribution >= 0.6 is 0 Å². The summed E-state index contributed by atoms with van der Waals surface area (Å²) in [7, 11) is 9.98. The van der Waals surface area contributed by atoms with Crippen molar-refractivity contribution in [3.05, 3.63) is 35.4 Å². The molecular weight excluding hydrogens is 1200 g/mol. The number of aryl methyl sites for hydroxylation is 1. The first-order chi connectivity index (χ1) is 43.5. The second-order valence-electron chi connectivity index (χ2n) is 28.8. The van der Waals surface area contributed by atoms with Crippen molar-refractivity contribution in [2.45, 2.75) is 249 Å². The number of carbonyl (C=O) groups is 11.